The molecule has 0 fully saturated rings. The zero-order valence-electron chi connectivity index (χ0n) is 62.5. The van der Waals surface area contributed by atoms with Crippen molar-refractivity contribution >= 4 is 112 Å². The van der Waals surface area contributed by atoms with Gasteiger partial charge in [0.05, 0.1) is 53.1 Å². The lowest BCUT2D eigenvalue weighted by atomic mass is 10.2. The maximum atomic E-state index is 12.9. The van der Waals surface area contributed by atoms with Crippen LogP contribution < -0.4 is 80.1 Å². The third-order valence-corrected chi connectivity index (χ3v) is 12.2. The smallest absolute Gasteiger partial charge is 0.408 e. The number of carbonyl (C=O) groups is 10. The number of anilines is 7. The third kappa shape index (κ3) is 42.6. The van der Waals surface area contributed by atoms with Gasteiger partial charge < -0.3 is 129 Å². The zero-order chi connectivity index (χ0) is 82.7. The summed E-state index contributed by atoms with van der Waals surface area (Å²) in [6, 6.07) is 15.0. The maximum absolute atomic E-state index is 12.9. The van der Waals surface area contributed by atoms with E-state index in [0.717, 1.165) is 12.3 Å². The van der Waals surface area contributed by atoms with E-state index in [9.17, 15) is 52.3 Å². The molecule has 5 atom stereocenters. The molecule has 0 saturated carbocycles. The van der Waals surface area contributed by atoms with Gasteiger partial charge in [-0.3, -0.25) is 4.98 Å². The van der Waals surface area contributed by atoms with Gasteiger partial charge in [0.15, 0.2) is 12.1 Å². The van der Waals surface area contributed by atoms with Crippen molar-refractivity contribution in [1.29, 1.82) is 0 Å². The second kappa shape index (κ2) is 44.0. The number of halogens is 2. The van der Waals surface area contributed by atoms with Gasteiger partial charge in [0, 0.05) is 42.9 Å². The lowest BCUT2D eigenvalue weighted by molar-refractivity contribution is -0.141. The van der Waals surface area contributed by atoms with Crippen LogP contribution in [0.1, 0.15) is 110 Å². The first-order valence-electron chi connectivity index (χ1n) is 32.6. The SMILES string of the molecule is CC(C)(C)OC(=O)N[C@@H](CCOc1ccccc1N)C(=O)O.CC(C)(C)OC(=O)N[C@@H](CNc1ccccc1N)C(=O)O.CC(C)(C)OC(=O)N[C@@H](CNc1ncc(F)cc1N)C(=O)O.CC(C)(C)OC(=O)N[C@@H](COc1ccc(Cl)cc1N)C(=O)O.CC(C)(C)OC(=O)N[C@@H](COc1ccncc1N)C(=O)O. The van der Waals surface area contributed by atoms with Crippen LogP contribution in [0.3, 0.4) is 0 Å². The fourth-order valence-electron chi connectivity index (χ4n) is 7.35. The number of amides is 5. The molecule has 5 rings (SSSR count). The number of nitrogens with one attached hydrogen (secondary N) is 7. The summed E-state index contributed by atoms with van der Waals surface area (Å²) in [6.07, 6.45) is -0.222. The van der Waals surface area contributed by atoms with E-state index < -0.39 is 124 Å². The van der Waals surface area contributed by atoms with E-state index in [0.29, 0.717) is 33.6 Å². The summed E-state index contributed by atoms with van der Waals surface area (Å²) in [6.45, 7) is 24.5. The second-order valence-electron chi connectivity index (χ2n) is 27.5. The van der Waals surface area contributed by atoms with Crippen LogP contribution in [0.25, 0.3) is 0 Å². The largest absolute Gasteiger partial charge is 0.491 e. The first kappa shape index (κ1) is 93.9. The number of pyridine rings is 2. The number of ether oxygens (including phenoxy) is 8. The minimum atomic E-state index is -1.27. The number of benzene rings is 3. The number of alkyl carbamates (subject to hydrolysis) is 5. The number of carboxylic acid groups (broad SMARTS) is 5. The summed E-state index contributed by atoms with van der Waals surface area (Å²) in [7, 11) is 0. The standard InChI is InChI=1S/C15H22N2O5.C14H19ClN2O5.C14H21N3O4.C13H19FN4O4.C13H19N3O5/c1-15(2,3)22-14(20)17-11(13(18)19)8-9-21-12-7-5-4-6-10(12)16;1-14(2,3)22-13(20)17-10(12(18)19)7-21-11-5-4-8(15)6-9(11)16;1-14(2,3)21-13(20)17-11(12(18)19)8-16-10-7-5-4-6-9(10)15;1-13(2,3)22-12(21)18-9(11(19)20)6-17-10-8(15)4-7(14)5-16-10;1-13(2,3)21-12(19)16-9(11(17)18)7-20-10-4-5-15-6-8(10)14/h4-7,11H,8-9,16H2,1-3H3,(H,17,20)(H,18,19);4-6,10H,7,16H2,1-3H3,(H,17,20)(H,18,19);4-7,11,16H,8,15H2,1-3H3,(H,17,20)(H,18,19);4-5,9H,6,15H2,1-3H3,(H,16,17)(H,18,21)(H,19,20);4-6,9H,7,14H2,1-3H3,(H,16,19)(H,17,18)/t11-;10-;11-;2*9-/m00000/s1. The molecule has 0 saturated heterocycles. The minimum absolute atomic E-state index is 0.0111. The Morgan fingerprint density at radius 2 is 0.796 bits per heavy atom. The molecule has 3 aromatic carbocycles. The molecule has 0 radical (unpaired) electrons. The molecule has 2 heterocycles. The molecule has 0 spiro atoms. The van der Waals surface area contributed by atoms with Gasteiger partial charge in [-0.05, 0) is 146 Å². The average molecular weight is 1550 g/mol. The highest BCUT2D eigenvalue weighted by atomic mass is 35.5. The molecule has 0 aliphatic carbocycles. The van der Waals surface area contributed by atoms with E-state index in [4.69, 9.17) is 104 Å². The zero-order valence-corrected chi connectivity index (χ0v) is 63.2. The average Bonchev–Trinajstić information content (AvgIpc) is 0.890. The van der Waals surface area contributed by atoms with E-state index >= 15 is 0 Å². The van der Waals surface area contributed by atoms with E-state index in [1.807, 2.05) is 0 Å². The Morgan fingerprint density at radius 3 is 1.18 bits per heavy atom. The summed E-state index contributed by atoms with van der Waals surface area (Å²) in [4.78, 5) is 121. The van der Waals surface area contributed by atoms with Gasteiger partial charge >= 0.3 is 60.3 Å². The van der Waals surface area contributed by atoms with Crippen molar-refractivity contribution in [2.75, 3.05) is 72.2 Å². The molecule has 0 unspecified atom stereocenters. The number of nitrogens with zero attached hydrogens (tertiary/aromatic N) is 2. The molecule has 108 heavy (non-hydrogen) atoms. The number of hydrogen-bond acceptors (Lipinski definition) is 27. The summed E-state index contributed by atoms with van der Waals surface area (Å²) in [5.41, 5.74) is 26.9. The summed E-state index contributed by atoms with van der Waals surface area (Å²) in [5.74, 6) is -5.51. The van der Waals surface area contributed by atoms with Crippen LogP contribution in [0.15, 0.2) is 97.5 Å². The predicted molar refractivity (Wildman–Crippen MR) is 397 cm³/mol. The highest BCUT2D eigenvalue weighted by molar-refractivity contribution is 6.30. The quantitative estimate of drug-likeness (QED) is 0.0183. The monoisotopic (exact) mass is 1550 g/mol. The topological polar surface area (TPSA) is 586 Å². The van der Waals surface area contributed by atoms with Crippen molar-refractivity contribution in [1.82, 2.24) is 36.6 Å². The van der Waals surface area contributed by atoms with Gasteiger partial charge in [0.1, 0.15) is 88.2 Å². The Hall–Kier alpha value is -12.1. The minimum Gasteiger partial charge on any atom is -0.491 e. The van der Waals surface area contributed by atoms with Gasteiger partial charge in [-0.25, -0.2) is 57.3 Å². The maximum Gasteiger partial charge on any atom is 0.408 e. The lowest BCUT2D eigenvalue weighted by Crippen LogP contribution is -2.47. The number of nitrogen functional groups attached to an aromatic ring is 5. The van der Waals surface area contributed by atoms with Crippen LogP contribution in [0.2, 0.25) is 5.02 Å². The Kier molecular flexibility index (Phi) is 38.2. The van der Waals surface area contributed by atoms with E-state index in [2.05, 4.69) is 47.2 Å². The number of rotatable bonds is 26. The fraction of sp³-hybridized carbons (Fsp3) is 0.449. The number of nitrogens with two attached hydrogens (primary N) is 5. The Labute approximate surface area is 628 Å². The van der Waals surface area contributed by atoms with Crippen LogP contribution in [0.5, 0.6) is 17.2 Å². The van der Waals surface area contributed by atoms with Crippen LogP contribution in [0.4, 0.5) is 68.3 Å². The van der Waals surface area contributed by atoms with Crippen LogP contribution in [-0.4, -0.2) is 187 Å². The molecule has 0 bridgehead atoms. The molecule has 0 aliphatic heterocycles. The van der Waals surface area contributed by atoms with Gasteiger partial charge in [0.25, 0.3) is 0 Å². The lowest BCUT2D eigenvalue weighted by Gasteiger charge is -2.22. The van der Waals surface area contributed by atoms with Crippen molar-refractivity contribution in [2.45, 2.75) is 168 Å². The summed E-state index contributed by atoms with van der Waals surface area (Å²) >= 11 is 5.76. The van der Waals surface area contributed by atoms with Crippen LogP contribution in [0, 0.1) is 5.82 Å². The Balaban J connectivity index is 0.000000675. The van der Waals surface area contributed by atoms with Crippen molar-refractivity contribution in [2.24, 2.45) is 0 Å². The van der Waals surface area contributed by atoms with Crippen LogP contribution in [-0.2, 0) is 47.7 Å². The normalized spacial score (nSPS) is 12.3. The Morgan fingerprint density at radius 1 is 0.426 bits per heavy atom. The molecule has 0 aliphatic rings. The molecule has 22 N–H and O–H groups in total. The number of carbonyl (C=O) groups excluding carboxylic acids is 5. The Bertz CT molecular complexity index is 3600. The van der Waals surface area contributed by atoms with Gasteiger partial charge in [-0.1, -0.05) is 35.9 Å². The highest BCUT2D eigenvalue weighted by Gasteiger charge is 2.30. The van der Waals surface area contributed by atoms with Gasteiger partial charge in [0.2, 0.25) is 0 Å². The first-order valence-corrected chi connectivity index (χ1v) is 32.9. The molecule has 2 aromatic heterocycles. The first-order chi connectivity index (χ1) is 49.7. The van der Waals surface area contributed by atoms with Crippen LogP contribution >= 0.6 is 11.6 Å². The molecule has 5 amide bonds. The van der Waals surface area contributed by atoms with E-state index in [-0.39, 0.29) is 68.0 Å². The second-order valence-corrected chi connectivity index (χ2v) is 28.0. The number of aliphatic carboxylic acids is 5. The molecule has 37 nitrogen and oxygen atoms in total. The number of aromatic nitrogens is 2. The van der Waals surface area contributed by atoms with Crippen molar-refractivity contribution < 1.29 is 116 Å². The number of hydrogen-bond donors (Lipinski definition) is 17. The molecule has 39 heteroatoms. The van der Waals surface area contributed by atoms with E-state index in [1.54, 1.807) is 158 Å². The van der Waals surface area contributed by atoms with Crippen molar-refractivity contribution in [3.63, 3.8) is 0 Å². The summed E-state index contributed by atoms with van der Waals surface area (Å²) < 4.78 is 53.9. The third-order valence-electron chi connectivity index (χ3n) is 11.9. The van der Waals surface area contributed by atoms with E-state index in [1.165, 1.54) is 30.6 Å². The number of carboxylic acids is 5. The predicted octanol–water partition coefficient (Wildman–Crippen LogP) is 8.17. The van der Waals surface area contributed by atoms with Crippen molar-refractivity contribution in [3.05, 3.63) is 108 Å². The number of para-hydroxylation sites is 4. The molecular formula is C69H100ClFN14O23. The van der Waals surface area contributed by atoms with Gasteiger partial charge in [-0.2, -0.15) is 0 Å². The highest BCUT2D eigenvalue weighted by Crippen LogP contribution is 2.26. The molecule has 598 valence electrons. The molecular weight excluding hydrogens is 1450 g/mol. The van der Waals surface area contributed by atoms with Gasteiger partial charge in [-0.15, -0.1) is 0 Å². The fourth-order valence-corrected chi connectivity index (χ4v) is 7.53. The summed E-state index contributed by atoms with van der Waals surface area (Å²) in [5, 5.41) is 62.7. The van der Waals surface area contributed by atoms with Crippen molar-refractivity contribution in [3.8, 4) is 17.2 Å². The molecule has 5 aromatic rings.